The maximum Gasteiger partial charge on any atom is 0.228 e. The van der Waals surface area contributed by atoms with Gasteiger partial charge in [0.25, 0.3) is 0 Å². The number of hydrogen-bond acceptors (Lipinski definition) is 8. The van der Waals surface area contributed by atoms with Crippen molar-refractivity contribution in [3.8, 4) is 9.88 Å². The highest BCUT2D eigenvalue weighted by Gasteiger charge is 2.26. The SMILES string of the molecule is CC1CCN(c2nnc(SCc3csc(-c4cccs4)n3)n2CC2CCCO2)CC1. The fraction of sp³-hybridized carbons (Fsp3) is 0.571. The van der Waals surface area contributed by atoms with E-state index >= 15 is 0 Å². The molecule has 0 spiro atoms. The Labute approximate surface area is 189 Å². The lowest BCUT2D eigenvalue weighted by molar-refractivity contribution is 0.0951. The lowest BCUT2D eigenvalue weighted by Gasteiger charge is -2.31. The average Bonchev–Trinajstić information content (AvgIpc) is 3.55. The van der Waals surface area contributed by atoms with Gasteiger partial charge in [-0.1, -0.05) is 24.8 Å². The highest BCUT2D eigenvalue weighted by atomic mass is 32.2. The van der Waals surface area contributed by atoms with Crippen molar-refractivity contribution in [2.75, 3.05) is 24.6 Å². The van der Waals surface area contributed by atoms with Gasteiger partial charge >= 0.3 is 0 Å². The van der Waals surface area contributed by atoms with Crippen LogP contribution in [0, 0.1) is 5.92 Å². The van der Waals surface area contributed by atoms with Gasteiger partial charge < -0.3 is 9.64 Å². The first-order chi connectivity index (χ1) is 14.8. The molecule has 2 aliphatic heterocycles. The molecule has 2 aliphatic rings. The molecule has 9 heteroatoms. The molecule has 0 N–H and O–H groups in total. The first-order valence-corrected chi connectivity index (χ1v) is 13.4. The van der Waals surface area contributed by atoms with E-state index in [1.165, 1.54) is 17.7 Å². The molecule has 0 bridgehead atoms. The summed E-state index contributed by atoms with van der Waals surface area (Å²) < 4.78 is 8.23. The van der Waals surface area contributed by atoms with Crippen LogP contribution in [0.25, 0.3) is 9.88 Å². The van der Waals surface area contributed by atoms with Crippen molar-refractivity contribution in [3.05, 3.63) is 28.6 Å². The lowest BCUT2D eigenvalue weighted by Crippen LogP contribution is -2.35. The number of nitrogens with zero attached hydrogens (tertiary/aromatic N) is 5. The van der Waals surface area contributed by atoms with Crippen molar-refractivity contribution in [2.45, 2.75) is 56.2 Å². The molecule has 5 heterocycles. The molecular formula is C21H27N5OS3. The number of anilines is 1. The standard InChI is InChI=1S/C21H27N5OS3/c1-15-6-8-25(9-7-15)20-23-24-21(26(20)12-17-4-2-10-27-17)30-14-16-13-29-19(22-16)18-5-3-11-28-18/h3,5,11,13,15,17H,2,4,6-10,12,14H2,1H3. The van der Waals surface area contributed by atoms with Crippen LogP contribution in [0.4, 0.5) is 5.95 Å². The number of rotatable bonds is 7. The minimum Gasteiger partial charge on any atom is -0.376 e. The fourth-order valence-corrected chi connectivity index (χ4v) is 6.58. The summed E-state index contributed by atoms with van der Waals surface area (Å²) in [5.74, 6) is 2.62. The van der Waals surface area contributed by atoms with Crippen LogP contribution in [0.5, 0.6) is 0 Å². The van der Waals surface area contributed by atoms with Crippen molar-refractivity contribution in [1.29, 1.82) is 0 Å². The van der Waals surface area contributed by atoms with E-state index in [2.05, 4.69) is 49.5 Å². The summed E-state index contributed by atoms with van der Waals surface area (Å²) in [5.41, 5.74) is 1.11. The summed E-state index contributed by atoms with van der Waals surface area (Å²) in [7, 11) is 0. The number of aromatic nitrogens is 4. The molecular weight excluding hydrogens is 434 g/mol. The molecule has 0 amide bonds. The Morgan fingerprint density at radius 3 is 2.87 bits per heavy atom. The van der Waals surface area contributed by atoms with Gasteiger partial charge in [0, 0.05) is 30.8 Å². The van der Waals surface area contributed by atoms with Crippen LogP contribution in [-0.4, -0.2) is 45.5 Å². The minimum atomic E-state index is 0.271. The van der Waals surface area contributed by atoms with Gasteiger partial charge in [0.2, 0.25) is 5.95 Å². The van der Waals surface area contributed by atoms with Crippen LogP contribution >= 0.6 is 34.4 Å². The quantitative estimate of drug-likeness (QED) is 0.453. The van der Waals surface area contributed by atoms with Crippen molar-refractivity contribution >= 4 is 40.4 Å². The molecule has 0 aliphatic carbocycles. The van der Waals surface area contributed by atoms with E-state index in [1.807, 2.05) is 0 Å². The Hall–Kier alpha value is -1.42. The smallest absolute Gasteiger partial charge is 0.228 e. The van der Waals surface area contributed by atoms with Crippen LogP contribution in [-0.2, 0) is 17.0 Å². The first kappa shape index (κ1) is 20.5. The maximum absolute atomic E-state index is 5.93. The molecule has 0 radical (unpaired) electrons. The number of thioether (sulfide) groups is 1. The Kier molecular flexibility index (Phi) is 6.40. The van der Waals surface area contributed by atoms with Gasteiger partial charge in [0.15, 0.2) is 5.16 Å². The van der Waals surface area contributed by atoms with E-state index in [1.54, 1.807) is 34.4 Å². The summed E-state index contributed by atoms with van der Waals surface area (Å²) >= 11 is 5.19. The van der Waals surface area contributed by atoms with Gasteiger partial charge in [-0.05, 0) is 43.0 Å². The highest BCUT2D eigenvalue weighted by Crippen LogP contribution is 2.32. The van der Waals surface area contributed by atoms with E-state index in [0.29, 0.717) is 0 Å². The molecule has 30 heavy (non-hydrogen) atoms. The summed E-state index contributed by atoms with van der Waals surface area (Å²) in [4.78, 5) is 8.46. The molecule has 0 saturated carbocycles. The fourth-order valence-electron chi connectivity index (χ4n) is 4.01. The van der Waals surface area contributed by atoms with Crippen LogP contribution in [0.15, 0.2) is 28.0 Å². The molecule has 5 rings (SSSR count). The number of thiazole rings is 1. The topological polar surface area (TPSA) is 56.1 Å². The predicted octanol–water partition coefficient (Wildman–Crippen LogP) is 5.17. The van der Waals surface area contributed by atoms with Crippen LogP contribution < -0.4 is 4.90 Å². The Bertz CT molecular complexity index is 940. The summed E-state index contributed by atoms with van der Waals surface area (Å²) in [6.07, 6.45) is 4.98. The monoisotopic (exact) mass is 461 g/mol. The maximum atomic E-state index is 5.93. The first-order valence-electron chi connectivity index (χ1n) is 10.7. The summed E-state index contributed by atoms with van der Waals surface area (Å²) in [6, 6.07) is 4.21. The van der Waals surface area contributed by atoms with Gasteiger partial charge in [-0.25, -0.2) is 4.98 Å². The Morgan fingerprint density at radius 2 is 2.10 bits per heavy atom. The molecule has 1 unspecified atom stereocenters. The average molecular weight is 462 g/mol. The second-order valence-corrected chi connectivity index (χ2v) is 10.9. The van der Waals surface area contributed by atoms with Gasteiger partial charge in [0.05, 0.1) is 23.2 Å². The number of piperidine rings is 1. The molecule has 2 fully saturated rings. The molecule has 1 atom stereocenters. The molecule has 3 aromatic rings. The predicted molar refractivity (Wildman–Crippen MR) is 125 cm³/mol. The normalized spacial score (nSPS) is 20.3. The summed E-state index contributed by atoms with van der Waals surface area (Å²) in [5, 5.41) is 15.5. The van der Waals surface area contributed by atoms with E-state index < -0.39 is 0 Å². The van der Waals surface area contributed by atoms with Crippen LogP contribution in [0.2, 0.25) is 0 Å². The van der Waals surface area contributed by atoms with Crippen molar-refractivity contribution in [2.24, 2.45) is 5.92 Å². The second-order valence-electron chi connectivity index (χ2n) is 8.11. The van der Waals surface area contributed by atoms with Crippen molar-refractivity contribution in [3.63, 3.8) is 0 Å². The number of thiophene rings is 1. The third-order valence-corrected chi connectivity index (χ3v) is 8.74. The molecule has 2 saturated heterocycles. The lowest BCUT2D eigenvalue weighted by atomic mass is 10.00. The zero-order chi connectivity index (χ0) is 20.3. The third kappa shape index (κ3) is 4.59. The summed E-state index contributed by atoms with van der Waals surface area (Å²) in [6.45, 7) is 6.18. The van der Waals surface area contributed by atoms with E-state index in [-0.39, 0.29) is 6.10 Å². The molecule has 6 nitrogen and oxygen atoms in total. The minimum absolute atomic E-state index is 0.271. The van der Waals surface area contributed by atoms with Gasteiger partial charge in [-0.2, -0.15) is 0 Å². The van der Waals surface area contributed by atoms with Crippen LogP contribution in [0.3, 0.4) is 0 Å². The zero-order valence-corrected chi connectivity index (χ0v) is 19.6. The highest BCUT2D eigenvalue weighted by molar-refractivity contribution is 7.98. The van der Waals surface area contributed by atoms with E-state index in [4.69, 9.17) is 9.72 Å². The number of hydrogen-bond donors (Lipinski definition) is 0. The van der Waals surface area contributed by atoms with Crippen molar-refractivity contribution in [1.82, 2.24) is 19.7 Å². The van der Waals surface area contributed by atoms with Gasteiger partial charge in [-0.3, -0.25) is 4.57 Å². The number of ether oxygens (including phenoxy) is 1. The second kappa shape index (κ2) is 9.38. The third-order valence-electron chi connectivity index (χ3n) is 5.81. The molecule has 160 valence electrons. The van der Waals surface area contributed by atoms with E-state index in [9.17, 15) is 0 Å². The molecule has 3 aromatic heterocycles. The Morgan fingerprint density at radius 1 is 1.20 bits per heavy atom. The zero-order valence-electron chi connectivity index (χ0n) is 17.2. The van der Waals surface area contributed by atoms with Gasteiger partial charge in [-0.15, -0.1) is 32.9 Å². The van der Waals surface area contributed by atoms with Crippen molar-refractivity contribution < 1.29 is 4.74 Å². The molecule has 0 aromatic carbocycles. The van der Waals surface area contributed by atoms with Crippen LogP contribution in [0.1, 0.15) is 38.3 Å². The van der Waals surface area contributed by atoms with Gasteiger partial charge in [0.1, 0.15) is 5.01 Å². The largest absolute Gasteiger partial charge is 0.376 e. The van der Waals surface area contributed by atoms with E-state index in [0.717, 1.165) is 72.6 Å². The Balaban J connectivity index is 1.32.